The van der Waals surface area contributed by atoms with Crippen molar-refractivity contribution in [1.82, 2.24) is 4.57 Å². The lowest BCUT2D eigenvalue weighted by atomic mass is 9.50. The molecule has 0 spiro atoms. The first-order valence-corrected chi connectivity index (χ1v) is 20.3. The molecule has 0 saturated carbocycles. The number of nitrogens with zero attached hydrogens (tertiary/aromatic N) is 1. The Morgan fingerprint density at radius 3 is 2.02 bits per heavy atom. The van der Waals surface area contributed by atoms with Crippen LogP contribution in [0.3, 0.4) is 0 Å². The van der Waals surface area contributed by atoms with Crippen molar-refractivity contribution in [3.63, 3.8) is 0 Å². The molecular weight excluding hydrogens is 737 g/mol. The van der Waals surface area contributed by atoms with E-state index in [1.54, 1.807) is 0 Å². The highest BCUT2D eigenvalue weighted by atomic mass is 16.5. The minimum atomic E-state index is -0.345. The molecule has 60 heavy (non-hydrogen) atoms. The van der Waals surface area contributed by atoms with Crippen LogP contribution in [-0.2, 0) is 0 Å². The first-order valence-electron chi connectivity index (χ1n) is 20.3. The number of ether oxygens (including phenoxy) is 1. The normalized spacial score (nSPS) is 12.9. The van der Waals surface area contributed by atoms with Gasteiger partial charge in [-0.2, -0.15) is 0 Å². The molecule has 0 bridgehead atoms. The Hall–Kier alpha value is -7.96. The van der Waals surface area contributed by atoms with Crippen molar-refractivity contribution in [3.05, 3.63) is 182 Å². The van der Waals surface area contributed by atoms with E-state index in [1.165, 1.54) is 21.8 Å². The number of fused-ring (bicyclic) bond motifs is 14. The second-order valence-corrected chi connectivity index (χ2v) is 15.9. The Morgan fingerprint density at radius 1 is 0.400 bits per heavy atom. The van der Waals surface area contributed by atoms with E-state index in [9.17, 15) is 0 Å². The first-order chi connectivity index (χ1) is 29.7. The topological polar surface area (TPSA) is 49.7 Å². The van der Waals surface area contributed by atoms with Crippen LogP contribution in [0.2, 0.25) is 0 Å². The Bertz CT molecular complexity index is 3760. The molecule has 2 aliphatic rings. The zero-order valence-electron chi connectivity index (χ0n) is 32.0. The number of para-hydroxylation sites is 4. The van der Waals surface area contributed by atoms with E-state index in [4.69, 9.17) is 18.2 Å². The first kappa shape index (κ1) is 32.1. The van der Waals surface area contributed by atoms with Gasteiger partial charge in [-0.25, -0.2) is 0 Å². The smallest absolute Gasteiger partial charge is 0.434 e. The second kappa shape index (κ2) is 11.8. The molecular formula is C54H30BNO4. The van der Waals surface area contributed by atoms with Crippen molar-refractivity contribution in [2.24, 2.45) is 0 Å². The van der Waals surface area contributed by atoms with E-state index < -0.39 is 0 Å². The average molecular weight is 768 g/mol. The Balaban J connectivity index is 0.884. The van der Waals surface area contributed by atoms with Crippen LogP contribution in [0.1, 0.15) is 0 Å². The van der Waals surface area contributed by atoms with Gasteiger partial charge >= 0.3 is 6.92 Å². The van der Waals surface area contributed by atoms with Gasteiger partial charge in [-0.05, 0) is 107 Å². The van der Waals surface area contributed by atoms with Crippen molar-refractivity contribution in [2.45, 2.75) is 0 Å². The number of rotatable bonds is 3. The molecule has 2 aliphatic heterocycles. The minimum Gasteiger partial charge on any atom is -0.551 e. The van der Waals surface area contributed by atoms with E-state index in [0.29, 0.717) is 0 Å². The molecule has 0 aliphatic carbocycles. The number of hydrogen-bond donors (Lipinski definition) is 0. The number of benzene rings is 9. The fraction of sp³-hybridized carbons (Fsp3) is 0. The van der Waals surface area contributed by atoms with Gasteiger partial charge in [-0.1, -0.05) is 103 Å². The molecule has 14 rings (SSSR count). The van der Waals surface area contributed by atoms with Gasteiger partial charge in [0.2, 0.25) is 0 Å². The maximum absolute atomic E-state index is 6.92. The molecule has 3 aromatic heterocycles. The van der Waals surface area contributed by atoms with E-state index in [1.807, 2.05) is 24.3 Å². The van der Waals surface area contributed by atoms with Gasteiger partial charge in [-0.3, -0.25) is 0 Å². The summed E-state index contributed by atoms with van der Waals surface area (Å²) in [6.45, 7) is -0.345. The monoisotopic (exact) mass is 767 g/mol. The van der Waals surface area contributed by atoms with Gasteiger partial charge < -0.3 is 22.8 Å². The lowest BCUT2D eigenvalue weighted by Crippen LogP contribution is -2.53. The maximum Gasteiger partial charge on any atom is 0.434 e. The lowest BCUT2D eigenvalue weighted by molar-refractivity contribution is 0.479. The summed E-state index contributed by atoms with van der Waals surface area (Å²) in [6.07, 6.45) is 0. The molecule has 5 heterocycles. The summed E-state index contributed by atoms with van der Waals surface area (Å²) in [4.78, 5) is 0. The van der Waals surface area contributed by atoms with E-state index in [0.717, 1.165) is 111 Å². The van der Waals surface area contributed by atoms with Crippen LogP contribution in [0.5, 0.6) is 17.2 Å². The fourth-order valence-electron chi connectivity index (χ4n) is 9.96. The average Bonchev–Trinajstić information content (AvgIpc) is 3.98. The molecule has 9 aromatic carbocycles. The van der Waals surface area contributed by atoms with Gasteiger partial charge in [0.15, 0.2) is 0 Å². The number of aromatic nitrogens is 1. The summed E-state index contributed by atoms with van der Waals surface area (Å²) >= 11 is 0. The highest BCUT2D eigenvalue weighted by molar-refractivity contribution is 6.84. The van der Waals surface area contributed by atoms with Crippen LogP contribution in [-0.4, -0.2) is 11.5 Å². The summed E-state index contributed by atoms with van der Waals surface area (Å²) in [7, 11) is 0. The van der Waals surface area contributed by atoms with E-state index >= 15 is 0 Å². The van der Waals surface area contributed by atoms with E-state index in [-0.39, 0.29) is 6.92 Å². The van der Waals surface area contributed by atoms with Crippen LogP contribution < -0.4 is 20.3 Å². The standard InChI is InChI=1S/C54H30BNO4/c1-5-16-44-36(12-1)37-13-2-6-17-45(37)56(44)35-11-9-10-31(26-35)34-27-42-39-15-4-8-19-47(39)60-55-43-28-32(21-24-48(43)57-51(30-34)53(42)55)33-20-22-41-50(29-33)58-49-25-23-40-38-14-3-7-18-46(38)59-54(40)52(41)49/h1-30H. The van der Waals surface area contributed by atoms with Crippen molar-refractivity contribution in [1.29, 1.82) is 0 Å². The fourth-order valence-corrected chi connectivity index (χ4v) is 9.96. The zero-order chi connectivity index (χ0) is 39.1. The van der Waals surface area contributed by atoms with Gasteiger partial charge in [0, 0.05) is 49.1 Å². The van der Waals surface area contributed by atoms with Gasteiger partial charge in [0.1, 0.15) is 39.6 Å². The molecule has 0 atom stereocenters. The molecule has 6 heteroatoms. The van der Waals surface area contributed by atoms with Crippen LogP contribution in [0, 0.1) is 0 Å². The largest absolute Gasteiger partial charge is 0.551 e. The Morgan fingerprint density at radius 2 is 1.13 bits per heavy atom. The summed E-state index contributed by atoms with van der Waals surface area (Å²) in [6, 6.07) is 64.1. The highest BCUT2D eigenvalue weighted by Gasteiger charge is 2.41. The molecule has 0 N–H and O–H groups in total. The zero-order valence-corrected chi connectivity index (χ0v) is 32.0. The summed E-state index contributed by atoms with van der Waals surface area (Å²) in [5.41, 5.74) is 15.3. The van der Waals surface area contributed by atoms with Gasteiger partial charge in [-0.15, -0.1) is 0 Å². The number of furan rings is 2. The molecule has 0 saturated heterocycles. The Kier molecular flexibility index (Phi) is 6.31. The molecule has 0 amide bonds. The predicted octanol–water partition coefficient (Wildman–Crippen LogP) is 13.2. The summed E-state index contributed by atoms with van der Waals surface area (Å²) in [5.74, 6) is 2.45. The third-order valence-electron chi connectivity index (χ3n) is 12.7. The van der Waals surface area contributed by atoms with Crippen LogP contribution in [0.25, 0.3) is 105 Å². The lowest BCUT2D eigenvalue weighted by Gasteiger charge is -2.33. The van der Waals surface area contributed by atoms with E-state index in [2.05, 4.69) is 162 Å². The molecule has 12 aromatic rings. The number of hydrogen-bond acceptors (Lipinski definition) is 4. The van der Waals surface area contributed by atoms with Crippen LogP contribution >= 0.6 is 0 Å². The van der Waals surface area contributed by atoms with Crippen LogP contribution in [0.15, 0.2) is 191 Å². The molecule has 0 unspecified atom stereocenters. The summed E-state index contributed by atoms with van der Waals surface area (Å²) in [5, 5.41) is 6.72. The maximum atomic E-state index is 6.92. The van der Waals surface area contributed by atoms with Crippen molar-refractivity contribution < 1.29 is 18.2 Å². The third kappa shape index (κ3) is 4.42. The van der Waals surface area contributed by atoms with Crippen LogP contribution in [0.4, 0.5) is 0 Å². The minimum absolute atomic E-state index is 0.345. The van der Waals surface area contributed by atoms with Crippen molar-refractivity contribution in [2.75, 3.05) is 0 Å². The Labute approximate surface area is 343 Å². The molecule has 5 nitrogen and oxygen atoms in total. The van der Waals surface area contributed by atoms with Crippen molar-refractivity contribution in [3.8, 4) is 56.3 Å². The summed E-state index contributed by atoms with van der Waals surface area (Å²) < 4.78 is 29.0. The molecule has 0 radical (unpaired) electrons. The van der Waals surface area contributed by atoms with Crippen molar-refractivity contribution >= 4 is 83.5 Å². The second-order valence-electron chi connectivity index (χ2n) is 15.9. The molecule has 0 fully saturated rings. The molecule has 278 valence electrons. The van der Waals surface area contributed by atoms with Gasteiger partial charge in [0.25, 0.3) is 0 Å². The predicted molar refractivity (Wildman–Crippen MR) is 244 cm³/mol. The quantitative estimate of drug-likeness (QED) is 0.168. The third-order valence-corrected chi connectivity index (χ3v) is 12.7. The van der Waals surface area contributed by atoms with Gasteiger partial charge in [0.05, 0.1) is 16.4 Å². The highest BCUT2D eigenvalue weighted by Crippen LogP contribution is 2.44. The SMILES string of the molecule is c1cc(-c2cc3c4c(c2)-c2ccccc2OB4c2cc(-c4ccc5c(c4)oc4ccc6c7ccccc7oc6c45)ccc2O3)cc(-n2c3ccccc3c3ccccc32)c1.